The molecule has 0 spiro atoms. The van der Waals surface area contributed by atoms with Crippen LogP contribution in [-0.2, 0) is 8.85 Å². The molecule has 0 aromatic carbocycles. The van der Waals surface area contributed by atoms with Gasteiger partial charge in [0.05, 0.1) is 12.2 Å². The van der Waals surface area contributed by atoms with Gasteiger partial charge in [-0.15, -0.1) is 13.2 Å². The van der Waals surface area contributed by atoms with E-state index in [2.05, 4.69) is 40.1 Å². The summed E-state index contributed by atoms with van der Waals surface area (Å²) in [6.45, 7) is 16.1. The Morgan fingerprint density at radius 1 is 0.941 bits per heavy atom. The fraction of sp³-hybridized carbons (Fsp3) is 0.714. The third-order valence-corrected chi connectivity index (χ3v) is 4.28. The van der Waals surface area contributed by atoms with Crippen molar-refractivity contribution in [1.82, 2.24) is 0 Å². The molecular formula is C14H28O2Si. The van der Waals surface area contributed by atoms with Gasteiger partial charge >= 0.3 is 8.56 Å². The van der Waals surface area contributed by atoms with Gasteiger partial charge in [-0.05, 0) is 25.9 Å². The molecule has 2 nitrogen and oxygen atoms in total. The summed E-state index contributed by atoms with van der Waals surface area (Å²) in [5.74, 6) is 0. The van der Waals surface area contributed by atoms with Gasteiger partial charge in [0.1, 0.15) is 0 Å². The minimum absolute atomic E-state index is 0.119. The van der Waals surface area contributed by atoms with Crippen molar-refractivity contribution in [2.45, 2.75) is 64.8 Å². The van der Waals surface area contributed by atoms with Crippen LogP contribution in [0.15, 0.2) is 25.3 Å². The van der Waals surface area contributed by atoms with E-state index in [4.69, 9.17) is 8.85 Å². The zero-order valence-corrected chi connectivity index (χ0v) is 12.9. The molecule has 17 heavy (non-hydrogen) atoms. The minimum Gasteiger partial charge on any atom is -0.388 e. The molecule has 0 aromatic heterocycles. The predicted octanol–water partition coefficient (Wildman–Crippen LogP) is 4.43. The van der Waals surface area contributed by atoms with Gasteiger partial charge in [-0.1, -0.05) is 38.8 Å². The van der Waals surface area contributed by atoms with Crippen LogP contribution in [0.25, 0.3) is 0 Å². The van der Waals surface area contributed by atoms with E-state index in [1.165, 1.54) is 0 Å². The van der Waals surface area contributed by atoms with E-state index in [0.717, 1.165) is 25.7 Å². The van der Waals surface area contributed by atoms with Gasteiger partial charge in [0, 0.05) is 0 Å². The first-order valence-corrected chi connectivity index (χ1v) is 9.41. The lowest BCUT2D eigenvalue weighted by Crippen LogP contribution is -2.41. The highest BCUT2D eigenvalue weighted by Gasteiger charge is 2.29. The molecule has 0 aliphatic rings. The van der Waals surface area contributed by atoms with E-state index >= 15 is 0 Å². The van der Waals surface area contributed by atoms with Crippen molar-refractivity contribution in [3.8, 4) is 0 Å². The third kappa shape index (κ3) is 7.52. The van der Waals surface area contributed by atoms with E-state index in [9.17, 15) is 0 Å². The summed E-state index contributed by atoms with van der Waals surface area (Å²) >= 11 is 0. The molecule has 0 radical (unpaired) electrons. The van der Waals surface area contributed by atoms with Crippen molar-refractivity contribution in [3.63, 3.8) is 0 Å². The molecular weight excluding hydrogens is 228 g/mol. The first-order valence-electron chi connectivity index (χ1n) is 6.59. The van der Waals surface area contributed by atoms with Gasteiger partial charge in [-0.25, -0.2) is 0 Å². The largest absolute Gasteiger partial charge is 0.388 e. The van der Waals surface area contributed by atoms with Gasteiger partial charge in [-0.3, -0.25) is 0 Å². The normalized spacial score (nSPS) is 15.3. The Labute approximate surface area is 108 Å². The summed E-state index contributed by atoms with van der Waals surface area (Å²) in [5.41, 5.74) is 0. The van der Waals surface area contributed by atoms with Crippen LogP contribution in [0, 0.1) is 0 Å². The van der Waals surface area contributed by atoms with Crippen LogP contribution in [-0.4, -0.2) is 20.8 Å². The Kier molecular flexibility index (Phi) is 8.48. The molecule has 2 unspecified atom stereocenters. The zero-order valence-electron chi connectivity index (χ0n) is 11.9. The van der Waals surface area contributed by atoms with Crippen molar-refractivity contribution < 1.29 is 8.85 Å². The molecule has 0 saturated carbocycles. The van der Waals surface area contributed by atoms with Crippen LogP contribution in [0.2, 0.25) is 13.1 Å². The highest BCUT2D eigenvalue weighted by molar-refractivity contribution is 6.64. The van der Waals surface area contributed by atoms with Crippen molar-refractivity contribution in [2.75, 3.05) is 0 Å². The molecule has 0 aliphatic carbocycles. The molecule has 3 heteroatoms. The fourth-order valence-electron chi connectivity index (χ4n) is 1.78. The van der Waals surface area contributed by atoms with E-state index < -0.39 is 8.56 Å². The molecule has 0 saturated heterocycles. The Bertz CT molecular complexity index is 204. The van der Waals surface area contributed by atoms with Crippen LogP contribution in [0.1, 0.15) is 39.5 Å². The second-order valence-corrected chi connectivity index (χ2v) is 8.03. The number of hydrogen-bond acceptors (Lipinski definition) is 2. The van der Waals surface area contributed by atoms with Crippen molar-refractivity contribution in [3.05, 3.63) is 25.3 Å². The van der Waals surface area contributed by atoms with Crippen LogP contribution in [0.5, 0.6) is 0 Å². The lowest BCUT2D eigenvalue weighted by molar-refractivity contribution is 0.114. The molecule has 100 valence electrons. The topological polar surface area (TPSA) is 18.5 Å². The Morgan fingerprint density at radius 2 is 1.29 bits per heavy atom. The average Bonchev–Trinajstić information content (AvgIpc) is 2.27. The molecule has 0 N–H and O–H groups in total. The second kappa shape index (κ2) is 8.67. The minimum atomic E-state index is -2.09. The van der Waals surface area contributed by atoms with Crippen molar-refractivity contribution >= 4 is 8.56 Å². The molecule has 0 amide bonds. The Balaban J connectivity index is 4.32. The molecule has 0 aliphatic heterocycles. The summed E-state index contributed by atoms with van der Waals surface area (Å²) in [6, 6.07) is 0. The maximum absolute atomic E-state index is 6.06. The van der Waals surface area contributed by atoms with Crippen molar-refractivity contribution in [2.24, 2.45) is 0 Å². The smallest absolute Gasteiger partial charge is 0.332 e. The van der Waals surface area contributed by atoms with E-state index in [0.29, 0.717) is 0 Å². The van der Waals surface area contributed by atoms with E-state index in [-0.39, 0.29) is 12.2 Å². The van der Waals surface area contributed by atoms with E-state index in [1.54, 1.807) is 0 Å². The lowest BCUT2D eigenvalue weighted by atomic mass is 10.2. The van der Waals surface area contributed by atoms with Gasteiger partial charge in [0.25, 0.3) is 0 Å². The summed E-state index contributed by atoms with van der Waals surface area (Å²) in [4.78, 5) is 0. The van der Waals surface area contributed by atoms with Crippen molar-refractivity contribution in [1.29, 1.82) is 0 Å². The number of rotatable bonds is 10. The van der Waals surface area contributed by atoms with Crippen LogP contribution in [0.4, 0.5) is 0 Å². The standard InChI is InChI=1S/C14H28O2Si/c1-7-11-13(9-3)15-17(5,6)16-14(10-4)12-8-2/h9-10,13-14H,3-4,7-8,11-12H2,1-2,5-6H3. The SMILES string of the molecule is C=CC(CCC)O[Si](C)(C)OC(C=C)CCC. The summed E-state index contributed by atoms with van der Waals surface area (Å²) < 4.78 is 12.1. The highest BCUT2D eigenvalue weighted by Crippen LogP contribution is 2.18. The summed E-state index contributed by atoms with van der Waals surface area (Å²) in [6.07, 6.45) is 8.21. The fourth-order valence-corrected chi connectivity index (χ4v) is 3.72. The molecule has 0 bridgehead atoms. The van der Waals surface area contributed by atoms with Gasteiger partial charge in [0.2, 0.25) is 0 Å². The first kappa shape index (κ1) is 16.6. The maximum atomic E-state index is 6.06. The van der Waals surface area contributed by atoms with Gasteiger partial charge < -0.3 is 8.85 Å². The molecule has 2 atom stereocenters. The number of hydrogen-bond donors (Lipinski definition) is 0. The molecule has 0 rings (SSSR count). The predicted molar refractivity (Wildman–Crippen MR) is 77.4 cm³/mol. The maximum Gasteiger partial charge on any atom is 0.332 e. The van der Waals surface area contributed by atoms with Crippen LogP contribution < -0.4 is 0 Å². The lowest BCUT2D eigenvalue weighted by Gasteiger charge is -2.30. The Morgan fingerprint density at radius 3 is 1.53 bits per heavy atom. The molecule has 0 fully saturated rings. The molecule has 0 heterocycles. The highest BCUT2D eigenvalue weighted by atomic mass is 28.4. The second-order valence-electron chi connectivity index (χ2n) is 4.76. The Hall–Kier alpha value is -0.383. The van der Waals surface area contributed by atoms with Crippen LogP contribution in [0.3, 0.4) is 0 Å². The first-order chi connectivity index (χ1) is 7.99. The average molecular weight is 256 g/mol. The molecule has 0 aromatic rings. The van der Waals surface area contributed by atoms with Gasteiger partial charge in [0.15, 0.2) is 0 Å². The van der Waals surface area contributed by atoms with E-state index in [1.807, 2.05) is 12.2 Å². The summed E-state index contributed by atoms with van der Waals surface area (Å²) in [5, 5.41) is 0. The summed E-state index contributed by atoms with van der Waals surface area (Å²) in [7, 11) is -2.09. The van der Waals surface area contributed by atoms with Gasteiger partial charge in [-0.2, -0.15) is 0 Å². The third-order valence-electron chi connectivity index (χ3n) is 2.54. The quantitative estimate of drug-likeness (QED) is 0.425. The monoisotopic (exact) mass is 256 g/mol. The van der Waals surface area contributed by atoms with Crippen LogP contribution >= 0.6 is 0 Å². The zero-order chi connectivity index (χ0) is 13.3.